The van der Waals surface area contributed by atoms with Gasteiger partial charge in [0.15, 0.2) is 5.75 Å². The molecule has 0 bridgehead atoms. The van der Waals surface area contributed by atoms with E-state index in [1.807, 2.05) is 18.2 Å². The second kappa shape index (κ2) is 8.49. The number of amides is 1. The van der Waals surface area contributed by atoms with Crippen LogP contribution in [0.2, 0.25) is 0 Å². The van der Waals surface area contributed by atoms with Crippen molar-refractivity contribution in [2.45, 2.75) is 0 Å². The molecule has 0 atom stereocenters. The van der Waals surface area contributed by atoms with Crippen LogP contribution in [0.4, 0.5) is 0 Å². The lowest BCUT2D eigenvalue weighted by Gasteiger charge is -2.34. The molecule has 0 unspecified atom stereocenters. The normalized spacial score (nSPS) is 15.3. The lowest BCUT2D eigenvalue weighted by molar-refractivity contribution is 0.0644. The van der Waals surface area contributed by atoms with Crippen LogP contribution in [0.3, 0.4) is 0 Å². The van der Waals surface area contributed by atoms with E-state index in [0.717, 1.165) is 19.6 Å². The summed E-state index contributed by atoms with van der Waals surface area (Å²) in [6, 6.07) is 11.5. The highest BCUT2D eigenvalue weighted by Crippen LogP contribution is 2.09. The smallest absolute Gasteiger partial charge is 0.270 e. The first-order valence-electron chi connectivity index (χ1n) is 8.67. The van der Waals surface area contributed by atoms with Crippen molar-refractivity contribution in [2.75, 3.05) is 39.8 Å². The lowest BCUT2D eigenvalue weighted by Crippen LogP contribution is -2.48. The number of hydrogen-bond acceptors (Lipinski definition) is 4. The van der Waals surface area contributed by atoms with Crippen molar-refractivity contribution in [2.24, 2.45) is 0 Å². The number of carbonyl (C=O) groups is 1. The molecule has 6 heteroatoms. The number of ether oxygens (including phenoxy) is 1. The van der Waals surface area contributed by atoms with E-state index in [9.17, 15) is 9.59 Å². The molecule has 1 N–H and O–H groups in total. The molecule has 0 saturated carbocycles. The van der Waals surface area contributed by atoms with E-state index in [1.165, 1.54) is 24.9 Å². The summed E-state index contributed by atoms with van der Waals surface area (Å²) in [4.78, 5) is 31.3. The SMILES string of the molecule is COc1c[nH]c(C(=O)N2CCN(C/C=C/c3ccccc3)CC2)cc1=O. The summed E-state index contributed by atoms with van der Waals surface area (Å²) in [6.07, 6.45) is 5.69. The van der Waals surface area contributed by atoms with Crippen LogP contribution in [0.1, 0.15) is 16.1 Å². The zero-order valence-corrected chi connectivity index (χ0v) is 14.9. The Kier molecular flexibility index (Phi) is 5.86. The van der Waals surface area contributed by atoms with Gasteiger partial charge in [0.2, 0.25) is 5.43 Å². The Bertz CT molecular complexity index is 822. The minimum absolute atomic E-state index is 0.149. The summed E-state index contributed by atoms with van der Waals surface area (Å²) < 4.78 is 4.93. The molecule has 0 radical (unpaired) electrons. The molecule has 1 aliphatic heterocycles. The first-order chi connectivity index (χ1) is 12.7. The van der Waals surface area contributed by atoms with Gasteiger partial charge in [0.05, 0.1) is 7.11 Å². The van der Waals surface area contributed by atoms with E-state index < -0.39 is 0 Å². The zero-order valence-electron chi connectivity index (χ0n) is 14.9. The minimum atomic E-state index is -0.292. The maximum absolute atomic E-state index is 12.5. The fraction of sp³-hybridized carbons (Fsp3) is 0.300. The number of benzene rings is 1. The van der Waals surface area contributed by atoms with Gasteiger partial charge < -0.3 is 14.6 Å². The summed E-state index contributed by atoms with van der Waals surface area (Å²) in [7, 11) is 1.43. The van der Waals surface area contributed by atoms with Gasteiger partial charge in [-0.25, -0.2) is 0 Å². The Labute approximate surface area is 152 Å². The molecule has 2 heterocycles. The van der Waals surface area contributed by atoms with Gasteiger partial charge in [0.25, 0.3) is 5.91 Å². The molecule has 6 nitrogen and oxygen atoms in total. The van der Waals surface area contributed by atoms with Crippen LogP contribution < -0.4 is 10.2 Å². The maximum Gasteiger partial charge on any atom is 0.270 e. The molecule has 136 valence electrons. The van der Waals surface area contributed by atoms with Crippen LogP contribution in [0.5, 0.6) is 5.75 Å². The van der Waals surface area contributed by atoms with Gasteiger partial charge in [-0.05, 0) is 5.56 Å². The largest absolute Gasteiger partial charge is 0.491 e. The summed E-state index contributed by atoms with van der Waals surface area (Å²) in [5, 5.41) is 0. The molecule has 26 heavy (non-hydrogen) atoms. The van der Waals surface area contributed by atoms with Crippen LogP contribution in [0.25, 0.3) is 6.08 Å². The third-order valence-electron chi connectivity index (χ3n) is 4.46. The Morgan fingerprint density at radius 1 is 1.19 bits per heavy atom. The summed E-state index contributed by atoms with van der Waals surface area (Å²) in [5.41, 5.74) is 1.19. The van der Waals surface area contributed by atoms with Crippen molar-refractivity contribution in [3.05, 3.63) is 70.2 Å². The van der Waals surface area contributed by atoms with E-state index in [2.05, 4.69) is 34.2 Å². The van der Waals surface area contributed by atoms with Crippen LogP contribution in [-0.2, 0) is 0 Å². The van der Waals surface area contributed by atoms with Gasteiger partial charge in [-0.3, -0.25) is 14.5 Å². The third-order valence-corrected chi connectivity index (χ3v) is 4.46. The average Bonchev–Trinajstić information content (AvgIpc) is 2.69. The van der Waals surface area contributed by atoms with Crippen molar-refractivity contribution in [3.63, 3.8) is 0 Å². The molecule has 1 saturated heterocycles. The van der Waals surface area contributed by atoms with E-state index in [1.54, 1.807) is 4.90 Å². The predicted molar refractivity (Wildman–Crippen MR) is 101 cm³/mol. The second-order valence-electron chi connectivity index (χ2n) is 6.19. The number of piperazine rings is 1. The van der Waals surface area contributed by atoms with Crippen LogP contribution in [0, 0.1) is 0 Å². The quantitative estimate of drug-likeness (QED) is 0.891. The van der Waals surface area contributed by atoms with Gasteiger partial charge in [-0.15, -0.1) is 0 Å². The van der Waals surface area contributed by atoms with E-state index in [-0.39, 0.29) is 17.1 Å². The molecule has 1 amide bonds. The van der Waals surface area contributed by atoms with Crippen molar-refractivity contribution >= 4 is 12.0 Å². The van der Waals surface area contributed by atoms with Crippen molar-refractivity contribution in [1.82, 2.24) is 14.8 Å². The molecule has 1 fully saturated rings. The number of aromatic amines is 1. The number of pyridine rings is 1. The molecule has 1 aromatic carbocycles. The molecule has 2 aromatic rings. The number of nitrogens with one attached hydrogen (secondary N) is 1. The zero-order chi connectivity index (χ0) is 18.4. The van der Waals surface area contributed by atoms with Gasteiger partial charge in [0.1, 0.15) is 5.69 Å². The number of carbonyl (C=O) groups excluding carboxylic acids is 1. The van der Waals surface area contributed by atoms with Crippen molar-refractivity contribution in [3.8, 4) is 5.75 Å². The number of methoxy groups -OCH3 is 1. The molecule has 3 rings (SSSR count). The molecule has 0 aliphatic carbocycles. The molecular weight excluding hydrogens is 330 g/mol. The Morgan fingerprint density at radius 2 is 1.92 bits per heavy atom. The lowest BCUT2D eigenvalue weighted by atomic mass is 10.2. The molecule has 1 aliphatic rings. The van der Waals surface area contributed by atoms with Crippen molar-refractivity contribution < 1.29 is 9.53 Å². The van der Waals surface area contributed by atoms with Crippen LogP contribution >= 0.6 is 0 Å². The molecular formula is C20H23N3O3. The minimum Gasteiger partial charge on any atom is -0.491 e. The number of H-pyrrole nitrogens is 1. The fourth-order valence-electron chi connectivity index (χ4n) is 2.95. The van der Waals surface area contributed by atoms with E-state index in [4.69, 9.17) is 4.74 Å². The highest BCUT2D eigenvalue weighted by molar-refractivity contribution is 5.92. The summed E-state index contributed by atoms with van der Waals surface area (Å²) in [6.45, 7) is 3.77. The molecule has 0 spiro atoms. The monoisotopic (exact) mass is 353 g/mol. The topological polar surface area (TPSA) is 65.6 Å². The van der Waals surface area contributed by atoms with Crippen molar-refractivity contribution in [1.29, 1.82) is 0 Å². The molecule has 1 aromatic heterocycles. The van der Waals surface area contributed by atoms with Crippen LogP contribution in [0.15, 0.2) is 53.5 Å². The summed E-state index contributed by atoms with van der Waals surface area (Å²) in [5.74, 6) is 0.0563. The first kappa shape index (κ1) is 17.9. The van der Waals surface area contributed by atoms with Gasteiger partial charge in [0, 0.05) is 45.0 Å². The fourth-order valence-corrected chi connectivity index (χ4v) is 2.95. The summed E-state index contributed by atoms with van der Waals surface area (Å²) >= 11 is 0. The van der Waals surface area contributed by atoms with E-state index in [0.29, 0.717) is 18.8 Å². The Morgan fingerprint density at radius 3 is 2.58 bits per heavy atom. The number of aromatic nitrogens is 1. The highest BCUT2D eigenvalue weighted by Gasteiger charge is 2.22. The Balaban J connectivity index is 1.51. The number of rotatable bonds is 5. The number of nitrogens with zero attached hydrogens (tertiary/aromatic N) is 2. The maximum atomic E-state index is 12.5. The highest BCUT2D eigenvalue weighted by atomic mass is 16.5. The Hall–Kier alpha value is -2.86. The first-order valence-corrected chi connectivity index (χ1v) is 8.67. The van der Waals surface area contributed by atoms with Gasteiger partial charge in [-0.1, -0.05) is 42.5 Å². The second-order valence-corrected chi connectivity index (χ2v) is 6.19. The standard InChI is InChI=1S/C20H23N3O3/c1-26-19-15-21-17(14-18(19)24)20(25)23-12-10-22(11-13-23)9-5-8-16-6-3-2-4-7-16/h2-8,14-15H,9-13H2,1H3,(H,21,24)/b8-5+. The number of hydrogen-bond donors (Lipinski definition) is 1. The third kappa shape index (κ3) is 4.40. The predicted octanol–water partition coefficient (Wildman–Crippen LogP) is 1.85. The van der Waals surface area contributed by atoms with Gasteiger partial charge >= 0.3 is 0 Å². The average molecular weight is 353 g/mol. The van der Waals surface area contributed by atoms with E-state index >= 15 is 0 Å². The van der Waals surface area contributed by atoms with Gasteiger partial charge in [-0.2, -0.15) is 0 Å². The van der Waals surface area contributed by atoms with Crippen LogP contribution in [-0.4, -0.2) is 60.5 Å².